The minimum absolute atomic E-state index is 0.473. The molecule has 3 aromatic heterocycles. The highest BCUT2D eigenvalue weighted by atomic mass is 15.2. The molecule has 5 rings (SSSR count). The first-order valence-corrected chi connectivity index (χ1v) is 9.79. The molecule has 1 aromatic carbocycles. The molecule has 146 valence electrons. The van der Waals surface area contributed by atoms with E-state index in [2.05, 4.69) is 56.3 Å². The Morgan fingerprint density at radius 1 is 0.966 bits per heavy atom. The number of aromatic amines is 1. The fourth-order valence-electron chi connectivity index (χ4n) is 3.78. The summed E-state index contributed by atoms with van der Waals surface area (Å²) in [5.41, 5.74) is 12.5. The van der Waals surface area contributed by atoms with E-state index in [4.69, 9.17) is 10.7 Å². The summed E-state index contributed by atoms with van der Waals surface area (Å²) in [6.07, 6.45) is 1.68. The molecule has 0 radical (unpaired) electrons. The van der Waals surface area contributed by atoms with Gasteiger partial charge >= 0.3 is 0 Å². The average Bonchev–Trinajstić information content (AvgIpc) is 3.18. The van der Waals surface area contributed by atoms with Gasteiger partial charge in [0.25, 0.3) is 0 Å². The molecule has 4 heterocycles. The van der Waals surface area contributed by atoms with Gasteiger partial charge in [-0.3, -0.25) is 5.10 Å². The molecular weight excluding hydrogens is 362 g/mol. The molecule has 4 aromatic rings. The van der Waals surface area contributed by atoms with Gasteiger partial charge in [-0.15, -0.1) is 0 Å². The molecule has 0 atom stereocenters. The van der Waals surface area contributed by atoms with E-state index in [9.17, 15) is 0 Å². The van der Waals surface area contributed by atoms with Crippen LogP contribution >= 0.6 is 0 Å². The highest BCUT2D eigenvalue weighted by molar-refractivity contribution is 5.91. The smallest absolute Gasteiger partial charge is 0.132 e. The summed E-state index contributed by atoms with van der Waals surface area (Å²) < 4.78 is 0. The lowest BCUT2D eigenvalue weighted by Gasteiger charge is -2.34. The third kappa shape index (κ3) is 3.30. The molecule has 1 aliphatic rings. The van der Waals surface area contributed by atoms with Gasteiger partial charge in [-0.1, -0.05) is 12.1 Å². The van der Waals surface area contributed by atoms with Crippen molar-refractivity contribution in [3.8, 4) is 22.5 Å². The summed E-state index contributed by atoms with van der Waals surface area (Å²) >= 11 is 0. The van der Waals surface area contributed by atoms with Crippen LogP contribution in [-0.2, 0) is 0 Å². The number of piperazine rings is 1. The van der Waals surface area contributed by atoms with Gasteiger partial charge < -0.3 is 15.5 Å². The first-order valence-electron chi connectivity index (χ1n) is 9.79. The third-order valence-corrected chi connectivity index (χ3v) is 5.53. The second-order valence-electron chi connectivity index (χ2n) is 7.44. The van der Waals surface area contributed by atoms with Crippen LogP contribution in [0.1, 0.15) is 0 Å². The van der Waals surface area contributed by atoms with Gasteiger partial charge in [0.15, 0.2) is 0 Å². The normalized spacial score (nSPS) is 15.1. The maximum Gasteiger partial charge on any atom is 0.132 e. The number of hydrogen-bond acceptors (Lipinski definition) is 6. The molecule has 29 heavy (non-hydrogen) atoms. The number of benzene rings is 1. The molecule has 1 aliphatic heterocycles. The van der Waals surface area contributed by atoms with E-state index in [1.165, 1.54) is 5.69 Å². The summed E-state index contributed by atoms with van der Waals surface area (Å²) in [7, 11) is 2.17. The Bertz CT molecular complexity index is 1140. The monoisotopic (exact) mass is 385 g/mol. The second kappa shape index (κ2) is 7.18. The molecule has 0 unspecified atom stereocenters. The van der Waals surface area contributed by atoms with Crippen LogP contribution in [0.25, 0.3) is 33.5 Å². The lowest BCUT2D eigenvalue weighted by molar-refractivity contribution is 0.313. The van der Waals surface area contributed by atoms with Crippen molar-refractivity contribution in [2.75, 3.05) is 43.9 Å². The first kappa shape index (κ1) is 17.6. The van der Waals surface area contributed by atoms with Crippen molar-refractivity contribution in [2.24, 2.45) is 0 Å². The van der Waals surface area contributed by atoms with Crippen molar-refractivity contribution in [1.82, 2.24) is 25.1 Å². The lowest BCUT2D eigenvalue weighted by atomic mass is 10.1. The van der Waals surface area contributed by atoms with Crippen LogP contribution in [0.15, 0.2) is 54.7 Å². The Hall–Kier alpha value is -3.45. The molecule has 7 heteroatoms. The average molecular weight is 385 g/mol. The minimum Gasteiger partial charge on any atom is -0.383 e. The molecule has 1 saturated heterocycles. The zero-order valence-corrected chi connectivity index (χ0v) is 16.3. The predicted molar refractivity (Wildman–Crippen MR) is 117 cm³/mol. The second-order valence-corrected chi connectivity index (χ2v) is 7.44. The fraction of sp³-hybridized carbons (Fsp3) is 0.227. The predicted octanol–water partition coefficient (Wildman–Crippen LogP) is 3.02. The minimum atomic E-state index is 0.473. The van der Waals surface area contributed by atoms with E-state index in [0.717, 1.165) is 59.7 Å². The SMILES string of the molecule is CN1CCN(c2ccc(-c3n[nH]c4ccc(-c5cccnc5N)nc34)cc2)CC1. The number of nitrogen functional groups attached to an aromatic ring is 1. The number of rotatable bonds is 3. The lowest BCUT2D eigenvalue weighted by Crippen LogP contribution is -2.44. The fourth-order valence-corrected chi connectivity index (χ4v) is 3.78. The van der Waals surface area contributed by atoms with Gasteiger partial charge in [0, 0.05) is 49.2 Å². The number of pyridine rings is 2. The number of H-pyrrole nitrogens is 1. The number of hydrogen-bond donors (Lipinski definition) is 2. The van der Waals surface area contributed by atoms with Gasteiger partial charge in [0.2, 0.25) is 0 Å². The van der Waals surface area contributed by atoms with Crippen LogP contribution in [0.5, 0.6) is 0 Å². The molecule has 1 fully saturated rings. The number of fused-ring (bicyclic) bond motifs is 1. The van der Waals surface area contributed by atoms with Crippen LogP contribution in [-0.4, -0.2) is 58.3 Å². The van der Waals surface area contributed by atoms with E-state index in [1.54, 1.807) is 6.20 Å². The molecule has 0 saturated carbocycles. The molecule has 0 aliphatic carbocycles. The van der Waals surface area contributed by atoms with E-state index in [0.29, 0.717) is 5.82 Å². The summed E-state index contributed by atoms with van der Waals surface area (Å²) in [5.74, 6) is 0.473. The quantitative estimate of drug-likeness (QED) is 0.564. The first-order chi connectivity index (χ1) is 14.2. The highest BCUT2D eigenvalue weighted by Gasteiger charge is 2.16. The van der Waals surface area contributed by atoms with Crippen molar-refractivity contribution >= 4 is 22.5 Å². The van der Waals surface area contributed by atoms with E-state index in [-0.39, 0.29) is 0 Å². The van der Waals surface area contributed by atoms with Gasteiger partial charge in [-0.05, 0) is 43.4 Å². The molecule has 0 spiro atoms. The highest BCUT2D eigenvalue weighted by Crippen LogP contribution is 2.30. The number of aromatic nitrogens is 4. The number of nitrogens with zero attached hydrogens (tertiary/aromatic N) is 5. The number of anilines is 2. The van der Waals surface area contributed by atoms with Crippen LogP contribution < -0.4 is 10.6 Å². The van der Waals surface area contributed by atoms with E-state index >= 15 is 0 Å². The molecule has 0 amide bonds. The van der Waals surface area contributed by atoms with Gasteiger partial charge in [0.1, 0.15) is 17.0 Å². The number of nitrogens with one attached hydrogen (secondary N) is 1. The standard InChI is InChI=1S/C22H23N7/c1-28-11-13-29(14-12-28)16-6-4-15(5-7-16)20-21-19(26-27-20)9-8-18(25-21)17-3-2-10-24-22(17)23/h2-10H,11-14H2,1H3,(H2,23,24)(H,26,27). The van der Waals surface area contributed by atoms with Crippen molar-refractivity contribution < 1.29 is 0 Å². The maximum absolute atomic E-state index is 6.04. The van der Waals surface area contributed by atoms with Gasteiger partial charge in [0.05, 0.1) is 11.2 Å². The Morgan fingerprint density at radius 3 is 2.52 bits per heavy atom. The Labute approximate surface area is 169 Å². The van der Waals surface area contributed by atoms with E-state index in [1.807, 2.05) is 24.3 Å². The summed E-state index contributed by atoms with van der Waals surface area (Å²) in [4.78, 5) is 13.8. The molecule has 3 N–H and O–H groups in total. The van der Waals surface area contributed by atoms with Crippen LogP contribution in [0.2, 0.25) is 0 Å². The van der Waals surface area contributed by atoms with Crippen LogP contribution in [0.4, 0.5) is 11.5 Å². The topological polar surface area (TPSA) is 87.0 Å². The molecular formula is C22H23N7. The zero-order chi connectivity index (χ0) is 19.8. The Kier molecular flexibility index (Phi) is 4.37. The van der Waals surface area contributed by atoms with Crippen LogP contribution in [0.3, 0.4) is 0 Å². The van der Waals surface area contributed by atoms with Crippen molar-refractivity contribution in [3.63, 3.8) is 0 Å². The summed E-state index contributed by atoms with van der Waals surface area (Å²) in [6, 6.07) is 16.3. The largest absolute Gasteiger partial charge is 0.383 e. The Morgan fingerprint density at radius 2 is 1.76 bits per heavy atom. The Balaban J connectivity index is 1.49. The zero-order valence-electron chi connectivity index (χ0n) is 16.3. The maximum atomic E-state index is 6.04. The van der Waals surface area contributed by atoms with E-state index < -0.39 is 0 Å². The summed E-state index contributed by atoms with van der Waals surface area (Å²) in [6.45, 7) is 4.29. The molecule has 0 bridgehead atoms. The van der Waals surface area contributed by atoms with Crippen molar-refractivity contribution in [2.45, 2.75) is 0 Å². The van der Waals surface area contributed by atoms with Crippen LogP contribution in [0, 0.1) is 0 Å². The summed E-state index contributed by atoms with van der Waals surface area (Å²) in [5, 5.41) is 7.61. The van der Waals surface area contributed by atoms with Crippen molar-refractivity contribution in [1.29, 1.82) is 0 Å². The van der Waals surface area contributed by atoms with Crippen molar-refractivity contribution in [3.05, 3.63) is 54.7 Å². The number of nitrogens with two attached hydrogens (primary N) is 1. The van der Waals surface area contributed by atoms with Gasteiger partial charge in [-0.25, -0.2) is 9.97 Å². The van der Waals surface area contributed by atoms with Gasteiger partial charge in [-0.2, -0.15) is 5.10 Å². The number of likely N-dealkylation sites (N-methyl/N-ethyl adjacent to an activating group) is 1. The third-order valence-electron chi connectivity index (χ3n) is 5.53. The molecule has 7 nitrogen and oxygen atoms in total.